The molecule has 148 valence electrons. The summed E-state index contributed by atoms with van der Waals surface area (Å²) < 4.78 is 18.6. The number of halogens is 1. The fraction of sp³-hybridized carbons (Fsp3) is 0.600. The number of hydrogen-bond donors (Lipinski definition) is 1. The van der Waals surface area contributed by atoms with Crippen molar-refractivity contribution in [3.05, 3.63) is 29.7 Å². The van der Waals surface area contributed by atoms with Gasteiger partial charge in [-0.2, -0.15) is 0 Å². The van der Waals surface area contributed by atoms with Gasteiger partial charge in [-0.15, -0.1) is 0 Å². The predicted octanol–water partition coefficient (Wildman–Crippen LogP) is 2.77. The molecule has 0 bridgehead atoms. The van der Waals surface area contributed by atoms with Crippen molar-refractivity contribution in [2.24, 2.45) is 0 Å². The molecule has 1 aliphatic rings. The van der Waals surface area contributed by atoms with E-state index < -0.39 is 6.10 Å². The van der Waals surface area contributed by atoms with Crippen molar-refractivity contribution in [2.75, 3.05) is 32.7 Å². The zero-order valence-corrected chi connectivity index (χ0v) is 16.0. The number of likely N-dealkylation sites (N-methyl/N-ethyl adjacent to an activating group) is 1. The molecule has 0 saturated carbocycles. The Morgan fingerprint density at radius 2 is 2.15 bits per heavy atom. The zero-order valence-electron chi connectivity index (χ0n) is 16.0. The van der Waals surface area contributed by atoms with E-state index in [2.05, 4.69) is 10.1 Å². The van der Waals surface area contributed by atoms with Gasteiger partial charge in [0, 0.05) is 37.0 Å². The highest BCUT2D eigenvalue weighted by molar-refractivity contribution is 5.80. The van der Waals surface area contributed by atoms with E-state index >= 15 is 0 Å². The highest BCUT2D eigenvalue weighted by atomic mass is 19.1. The molecular formula is C20H28FN3O3. The van der Waals surface area contributed by atoms with E-state index in [1.165, 1.54) is 12.1 Å². The Balaban J connectivity index is 1.53. The molecule has 7 heteroatoms. The first kappa shape index (κ1) is 19.8. The molecule has 0 radical (unpaired) electrons. The van der Waals surface area contributed by atoms with Gasteiger partial charge in [-0.1, -0.05) is 12.1 Å². The quantitative estimate of drug-likeness (QED) is 0.803. The van der Waals surface area contributed by atoms with E-state index in [0.717, 1.165) is 43.6 Å². The summed E-state index contributed by atoms with van der Waals surface area (Å²) in [6.07, 6.45) is 1.45. The monoisotopic (exact) mass is 377 g/mol. The predicted molar refractivity (Wildman–Crippen MR) is 101 cm³/mol. The zero-order chi connectivity index (χ0) is 19.4. The number of hydrogen-bond acceptors (Lipinski definition) is 5. The average Bonchev–Trinajstić information content (AvgIpc) is 3.11. The lowest BCUT2D eigenvalue weighted by Crippen LogP contribution is -2.44. The molecule has 1 aromatic heterocycles. The molecule has 0 spiro atoms. The molecule has 1 aliphatic heterocycles. The number of aromatic nitrogens is 1. The van der Waals surface area contributed by atoms with E-state index in [4.69, 9.17) is 4.52 Å². The lowest BCUT2D eigenvalue weighted by Gasteiger charge is -2.33. The van der Waals surface area contributed by atoms with Gasteiger partial charge in [0.1, 0.15) is 11.9 Å². The summed E-state index contributed by atoms with van der Waals surface area (Å²) in [7, 11) is 0. The summed E-state index contributed by atoms with van der Waals surface area (Å²) >= 11 is 0. The summed E-state index contributed by atoms with van der Waals surface area (Å²) in [5, 5.41) is 14.8. The highest BCUT2D eigenvalue weighted by Gasteiger charge is 2.26. The molecule has 3 rings (SSSR count). The van der Waals surface area contributed by atoms with Gasteiger partial charge >= 0.3 is 0 Å². The van der Waals surface area contributed by atoms with Crippen LogP contribution < -0.4 is 0 Å². The Labute approximate surface area is 158 Å². The lowest BCUT2D eigenvalue weighted by atomic mass is 9.91. The molecular weight excluding hydrogens is 349 g/mol. The van der Waals surface area contributed by atoms with Gasteiger partial charge in [0.05, 0.1) is 5.69 Å². The van der Waals surface area contributed by atoms with Crippen LogP contribution in [0.2, 0.25) is 0 Å². The first-order valence-electron chi connectivity index (χ1n) is 9.77. The minimum atomic E-state index is -0.902. The highest BCUT2D eigenvalue weighted by Crippen LogP contribution is 2.32. The first-order chi connectivity index (χ1) is 13.0. The molecule has 6 nitrogen and oxygen atoms in total. The van der Waals surface area contributed by atoms with Gasteiger partial charge < -0.3 is 19.4 Å². The van der Waals surface area contributed by atoms with Crippen LogP contribution in [0.15, 0.2) is 22.7 Å². The van der Waals surface area contributed by atoms with Crippen molar-refractivity contribution < 1.29 is 18.8 Å². The Bertz CT molecular complexity index is 771. The van der Waals surface area contributed by atoms with Crippen LogP contribution in [0.25, 0.3) is 11.0 Å². The Morgan fingerprint density at radius 1 is 1.41 bits per heavy atom. The minimum absolute atomic E-state index is 0.184. The standard InChI is InChI=1S/C20H28FN3O3/c1-3-17(25)20(26)24(4-2)12-11-23-9-7-14(8-10-23)19-16-6-5-15(21)13-18(16)27-22-19/h5-6,13-14,17,25H,3-4,7-12H2,1-2H3. The second kappa shape index (κ2) is 8.80. The van der Waals surface area contributed by atoms with Crippen molar-refractivity contribution in [3.8, 4) is 0 Å². The van der Waals surface area contributed by atoms with Crippen LogP contribution in [0.3, 0.4) is 0 Å². The fourth-order valence-corrected chi connectivity index (χ4v) is 3.73. The molecule has 0 aliphatic carbocycles. The molecule has 27 heavy (non-hydrogen) atoms. The van der Waals surface area contributed by atoms with Gasteiger partial charge in [-0.25, -0.2) is 4.39 Å². The molecule has 1 aromatic carbocycles. The molecule has 1 amide bonds. The van der Waals surface area contributed by atoms with Crippen LogP contribution in [0.4, 0.5) is 4.39 Å². The molecule has 1 N–H and O–H groups in total. The molecule has 1 atom stereocenters. The Hall–Kier alpha value is -1.99. The van der Waals surface area contributed by atoms with E-state index in [0.29, 0.717) is 31.0 Å². The molecule has 1 unspecified atom stereocenters. The normalized spacial score (nSPS) is 17.3. The van der Waals surface area contributed by atoms with Gasteiger partial charge in [0.25, 0.3) is 5.91 Å². The van der Waals surface area contributed by atoms with Crippen LogP contribution in [0.5, 0.6) is 0 Å². The van der Waals surface area contributed by atoms with Gasteiger partial charge in [-0.05, 0) is 51.4 Å². The van der Waals surface area contributed by atoms with Gasteiger partial charge in [-0.3, -0.25) is 4.79 Å². The van der Waals surface area contributed by atoms with Gasteiger partial charge in [0.15, 0.2) is 5.58 Å². The third-order valence-corrected chi connectivity index (χ3v) is 5.49. The smallest absolute Gasteiger partial charge is 0.251 e. The molecule has 2 aromatic rings. The minimum Gasteiger partial charge on any atom is -0.383 e. The number of nitrogens with zero attached hydrogens (tertiary/aromatic N) is 3. The maximum absolute atomic E-state index is 13.3. The van der Waals surface area contributed by atoms with Crippen molar-refractivity contribution in [1.82, 2.24) is 15.0 Å². The van der Waals surface area contributed by atoms with Crippen LogP contribution in [-0.4, -0.2) is 64.8 Å². The maximum Gasteiger partial charge on any atom is 0.251 e. The van der Waals surface area contributed by atoms with E-state index in [-0.39, 0.29) is 11.7 Å². The van der Waals surface area contributed by atoms with Crippen LogP contribution >= 0.6 is 0 Å². The summed E-state index contributed by atoms with van der Waals surface area (Å²) in [6.45, 7) is 7.61. The van der Waals surface area contributed by atoms with Crippen molar-refractivity contribution >= 4 is 16.9 Å². The summed E-state index contributed by atoms with van der Waals surface area (Å²) in [4.78, 5) is 16.2. The number of piperidine rings is 1. The van der Waals surface area contributed by atoms with E-state index in [9.17, 15) is 14.3 Å². The number of fused-ring (bicyclic) bond motifs is 1. The summed E-state index contributed by atoms with van der Waals surface area (Å²) in [5.41, 5.74) is 1.42. The topological polar surface area (TPSA) is 69.8 Å². The number of aliphatic hydroxyl groups is 1. The summed E-state index contributed by atoms with van der Waals surface area (Å²) in [6, 6.07) is 4.56. The van der Waals surface area contributed by atoms with Crippen molar-refractivity contribution in [1.29, 1.82) is 0 Å². The van der Waals surface area contributed by atoms with Gasteiger partial charge in [0.2, 0.25) is 0 Å². The third-order valence-electron chi connectivity index (χ3n) is 5.49. The Morgan fingerprint density at radius 3 is 2.81 bits per heavy atom. The number of rotatable bonds is 7. The first-order valence-corrected chi connectivity index (χ1v) is 9.77. The SMILES string of the molecule is CCC(O)C(=O)N(CC)CCN1CCC(c2noc3cc(F)ccc23)CC1. The van der Waals surface area contributed by atoms with Crippen LogP contribution in [0, 0.1) is 5.82 Å². The second-order valence-corrected chi connectivity index (χ2v) is 7.17. The molecule has 2 heterocycles. The lowest BCUT2D eigenvalue weighted by molar-refractivity contribution is -0.140. The van der Waals surface area contributed by atoms with E-state index in [1.807, 2.05) is 13.8 Å². The van der Waals surface area contributed by atoms with Crippen molar-refractivity contribution in [3.63, 3.8) is 0 Å². The second-order valence-electron chi connectivity index (χ2n) is 7.17. The number of likely N-dealkylation sites (tertiary alicyclic amines) is 1. The van der Waals surface area contributed by atoms with E-state index in [1.54, 1.807) is 11.0 Å². The fourth-order valence-electron chi connectivity index (χ4n) is 3.73. The molecule has 1 fully saturated rings. The third kappa shape index (κ3) is 4.47. The number of carbonyl (C=O) groups excluding carboxylic acids is 1. The van der Waals surface area contributed by atoms with Crippen molar-refractivity contribution in [2.45, 2.75) is 45.1 Å². The number of amides is 1. The Kier molecular flexibility index (Phi) is 6.44. The van der Waals surface area contributed by atoms with Crippen LogP contribution in [0.1, 0.15) is 44.7 Å². The number of benzene rings is 1. The maximum atomic E-state index is 13.3. The largest absolute Gasteiger partial charge is 0.383 e. The number of aliphatic hydroxyl groups excluding tert-OH is 1. The average molecular weight is 377 g/mol. The molecule has 1 saturated heterocycles. The van der Waals surface area contributed by atoms with Crippen LogP contribution in [-0.2, 0) is 4.79 Å². The number of carbonyl (C=O) groups is 1. The summed E-state index contributed by atoms with van der Waals surface area (Å²) in [5.74, 6) is -0.196.